The van der Waals surface area contributed by atoms with Crippen LogP contribution < -0.4 is 9.80 Å². The van der Waals surface area contributed by atoms with E-state index in [9.17, 15) is 0 Å². The number of anilines is 6. The molecule has 0 saturated heterocycles. The fourth-order valence-corrected chi connectivity index (χ4v) is 16.1. The smallest absolute Gasteiger partial charge is 0.137 e. The lowest BCUT2D eigenvalue weighted by Crippen LogP contribution is -2.16. The van der Waals surface area contributed by atoms with E-state index < -0.39 is 0 Å². The number of rotatable bonds is 10. The second-order valence-electron chi connectivity index (χ2n) is 27.6. The van der Waals surface area contributed by atoms with Crippen LogP contribution in [0.4, 0.5) is 34.1 Å². The molecule has 3 heteroatoms. The van der Waals surface area contributed by atoms with Crippen molar-refractivity contribution >= 4 is 56.1 Å². The van der Waals surface area contributed by atoms with E-state index in [4.69, 9.17) is 4.42 Å². The summed E-state index contributed by atoms with van der Waals surface area (Å²) in [5.74, 6) is 0. The van der Waals surface area contributed by atoms with E-state index in [0.29, 0.717) is 0 Å². The van der Waals surface area contributed by atoms with Gasteiger partial charge in [-0.15, -0.1) is 0 Å². The van der Waals surface area contributed by atoms with Crippen LogP contribution in [0.2, 0.25) is 0 Å². The zero-order chi connectivity index (χ0) is 64.9. The van der Waals surface area contributed by atoms with E-state index in [0.717, 1.165) is 56.1 Å². The second-order valence-corrected chi connectivity index (χ2v) is 27.6. The van der Waals surface area contributed by atoms with Gasteiger partial charge >= 0.3 is 0 Å². The van der Waals surface area contributed by atoms with E-state index in [2.05, 4.69) is 367 Å². The molecule has 0 aliphatic heterocycles. The minimum atomic E-state index is -0.0859. The van der Waals surface area contributed by atoms with Gasteiger partial charge in [-0.25, -0.2) is 0 Å². The zero-order valence-electron chi connectivity index (χ0n) is 55.0. The summed E-state index contributed by atoms with van der Waals surface area (Å²) >= 11 is 0. The SMILES string of the molecule is CC1(C)c2ccccc2-c2c(-c3cccc(N(c4ccc(-c5ccccc5)cc4)c4ccc5c(c4)oc4ccccc45)c3)cccc21.CC1(C)c2ccccc2-c2ccc(N(c3ccc(-c4ccccc4)cc3)c3cccc(-c4cccc5c4-c4ccccc4C5(C)C)c3)cc21. The Morgan fingerprint density at radius 3 is 1.08 bits per heavy atom. The number of furan rings is 1. The molecule has 3 aliphatic carbocycles. The third kappa shape index (κ3) is 9.63. The molecule has 460 valence electrons. The van der Waals surface area contributed by atoms with Crippen LogP contribution in [0.25, 0.3) is 99.8 Å². The number of hydrogen-bond donors (Lipinski definition) is 0. The van der Waals surface area contributed by atoms with E-state index in [-0.39, 0.29) is 16.2 Å². The third-order valence-corrected chi connectivity index (χ3v) is 21.0. The van der Waals surface area contributed by atoms with Gasteiger partial charge in [-0.1, -0.05) is 284 Å². The van der Waals surface area contributed by atoms with E-state index in [1.54, 1.807) is 0 Å². The summed E-state index contributed by atoms with van der Waals surface area (Å²) in [5, 5.41) is 2.26. The van der Waals surface area contributed by atoms with Gasteiger partial charge in [0.2, 0.25) is 0 Å². The third-order valence-electron chi connectivity index (χ3n) is 21.0. The summed E-state index contributed by atoms with van der Waals surface area (Å²) in [6.45, 7) is 14.1. The lowest BCUT2D eigenvalue weighted by atomic mass is 9.82. The van der Waals surface area contributed by atoms with Gasteiger partial charge in [0.1, 0.15) is 11.2 Å². The summed E-state index contributed by atoms with van der Waals surface area (Å²) in [5.41, 5.74) is 34.4. The Balaban J connectivity index is 0.000000145. The second kappa shape index (κ2) is 22.9. The summed E-state index contributed by atoms with van der Waals surface area (Å²) < 4.78 is 6.36. The lowest BCUT2D eigenvalue weighted by Gasteiger charge is -2.29. The minimum Gasteiger partial charge on any atom is -0.456 e. The average molecular weight is 1230 g/mol. The quantitative estimate of drug-likeness (QED) is 0.136. The molecule has 0 atom stereocenters. The molecule has 0 bridgehead atoms. The van der Waals surface area contributed by atoms with Gasteiger partial charge in [-0.2, -0.15) is 0 Å². The Kier molecular flexibility index (Phi) is 13.9. The first-order valence-electron chi connectivity index (χ1n) is 33.6. The Morgan fingerprint density at radius 1 is 0.208 bits per heavy atom. The van der Waals surface area contributed by atoms with Crippen LogP contribution in [-0.2, 0) is 16.2 Å². The Labute approximate surface area is 563 Å². The first-order valence-corrected chi connectivity index (χ1v) is 33.6. The zero-order valence-corrected chi connectivity index (χ0v) is 55.0. The molecule has 3 aliphatic rings. The van der Waals surface area contributed by atoms with Crippen molar-refractivity contribution < 1.29 is 4.42 Å². The van der Waals surface area contributed by atoms with Crippen LogP contribution in [0.15, 0.2) is 332 Å². The molecule has 0 radical (unpaired) electrons. The number of fused-ring (bicyclic) bond motifs is 12. The van der Waals surface area contributed by atoms with Gasteiger partial charge in [-0.3, -0.25) is 0 Å². The highest BCUT2D eigenvalue weighted by Gasteiger charge is 2.39. The molecule has 3 nitrogen and oxygen atoms in total. The molecule has 96 heavy (non-hydrogen) atoms. The van der Waals surface area contributed by atoms with Gasteiger partial charge in [0.15, 0.2) is 0 Å². The largest absolute Gasteiger partial charge is 0.456 e. The number of para-hydroxylation sites is 1. The van der Waals surface area contributed by atoms with E-state index in [1.807, 2.05) is 12.1 Å². The van der Waals surface area contributed by atoms with Crippen molar-refractivity contribution in [2.24, 2.45) is 0 Å². The molecule has 0 fully saturated rings. The monoisotopic (exact) mass is 1230 g/mol. The van der Waals surface area contributed by atoms with Crippen molar-refractivity contribution in [2.75, 3.05) is 9.80 Å². The van der Waals surface area contributed by atoms with E-state index >= 15 is 0 Å². The molecule has 18 rings (SSSR count). The molecule has 0 saturated carbocycles. The number of nitrogens with zero attached hydrogens (tertiary/aromatic N) is 2. The van der Waals surface area contributed by atoms with Gasteiger partial charge in [-0.05, 0) is 190 Å². The lowest BCUT2D eigenvalue weighted by molar-refractivity contribution is 0.660. The molecule has 14 aromatic carbocycles. The van der Waals surface area contributed by atoms with Gasteiger partial charge in [0.25, 0.3) is 0 Å². The standard InChI is InChI=1S/C48H39N.C45H33NO/c1-47(2)43-22-11-9-19-41(43)46-38(20-13-23-44(46)47)34-16-12-17-36(30-34)49(35-26-24-33(25-27-35)32-14-6-5-7-15-32)37-28-29-40-39-18-8-10-21-42(39)48(3,4)45(40)31-37;1-45(2)40-19-8-6-17-39(40)44-36(18-11-20-41(44)45)32-14-10-15-34(28-32)46(33-24-22-31(23-25-33)30-12-4-3-5-13-30)35-26-27-38-37-16-7-9-21-42(37)47-43(38)29-35/h5-31H,1-4H3;3-29H,1-2H3. The maximum atomic E-state index is 6.36. The van der Waals surface area contributed by atoms with Crippen LogP contribution in [0.5, 0.6) is 0 Å². The van der Waals surface area contributed by atoms with E-state index in [1.165, 1.54) is 111 Å². The van der Waals surface area contributed by atoms with Crippen molar-refractivity contribution in [3.8, 4) is 77.9 Å². The van der Waals surface area contributed by atoms with Crippen LogP contribution in [0.1, 0.15) is 74.9 Å². The van der Waals surface area contributed by atoms with Crippen molar-refractivity contribution in [3.05, 3.63) is 361 Å². The number of benzene rings is 14. The van der Waals surface area contributed by atoms with Crippen LogP contribution in [0, 0.1) is 0 Å². The normalized spacial score (nSPS) is 13.8. The predicted octanol–water partition coefficient (Wildman–Crippen LogP) is 25.8. The molecule has 0 N–H and O–H groups in total. The molecule has 15 aromatic rings. The predicted molar refractivity (Wildman–Crippen MR) is 404 cm³/mol. The molecule has 0 amide bonds. The summed E-state index contributed by atoms with van der Waals surface area (Å²) in [7, 11) is 0. The topological polar surface area (TPSA) is 19.6 Å². The first kappa shape index (κ1) is 58.3. The average Bonchev–Trinajstić information content (AvgIpc) is 1.58. The molecule has 1 heterocycles. The van der Waals surface area contributed by atoms with Crippen molar-refractivity contribution in [2.45, 2.75) is 57.8 Å². The molecule has 0 unspecified atom stereocenters. The van der Waals surface area contributed by atoms with Crippen LogP contribution in [0.3, 0.4) is 0 Å². The van der Waals surface area contributed by atoms with Crippen LogP contribution in [-0.4, -0.2) is 0 Å². The highest BCUT2D eigenvalue weighted by molar-refractivity contribution is 6.06. The Morgan fingerprint density at radius 2 is 0.552 bits per heavy atom. The first-order chi connectivity index (χ1) is 46.9. The van der Waals surface area contributed by atoms with Gasteiger partial charge < -0.3 is 14.2 Å². The Bertz CT molecular complexity index is 5500. The summed E-state index contributed by atoms with van der Waals surface area (Å²) in [4.78, 5) is 4.77. The summed E-state index contributed by atoms with van der Waals surface area (Å²) in [6.07, 6.45) is 0. The highest BCUT2D eigenvalue weighted by Crippen LogP contribution is 2.56. The van der Waals surface area contributed by atoms with Gasteiger partial charge in [0.05, 0.1) is 0 Å². The minimum absolute atomic E-state index is 0.0408. The van der Waals surface area contributed by atoms with Gasteiger partial charge in [0, 0.05) is 67.2 Å². The fourth-order valence-electron chi connectivity index (χ4n) is 16.1. The van der Waals surface area contributed by atoms with Crippen molar-refractivity contribution in [1.82, 2.24) is 0 Å². The van der Waals surface area contributed by atoms with Crippen molar-refractivity contribution in [3.63, 3.8) is 0 Å². The fraction of sp³-hybridized carbons (Fsp3) is 0.0968. The molecule has 1 aromatic heterocycles. The Hall–Kier alpha value is -11.5. The maximum Gasteiger partial charge on any atom is 0.137 e. The molecular formula is C93H72N2O. The maximum absolute atomic E-state index is 6.36. The van der Waals surface area contributed by atoms with Crippen LogP contribution >= 0.6 is 0 Å². The number of hydrogen-bond acceptors (Lipinski definition) is 3. The highest BCUT2D eigenvalue weighted by atomic mass is 16.3. The molecule has 0 spiro atoms. The van der Waals surface area contributed by atoms with Crippen molar-refractivity contribution in [1.29, 1.82) is 0 Å². The summed E-state index contributed by atoms with van der Waals surface area (Å²) in [6, 6.07) is 119. The molecular weight excluding hydrogens is 1160 g/mol.